The smallest absolute Gasteiger partial charge is 0.328 e. The Labute approximate surface area is 223 Å². The van der Waals surface area contributed by atoms with Crippen molar-refractivity contribution in [3.8, 4) is 0 Å². The third kappa shape index (κ3) is 9.04. The van der Waals surface area contributed by atoms with Crippen LogP contribution < -0.4 is 27.4 Å². The number of H-pyrrole nitrogens is 1. The molecule has 4 atom stereocenters. The number of fused-ring (bicyclic) bond motifs is 1. The van der Waals surface area contributed by atoms with Crippen LogP contribution in [0.3, 0.4) is 0 Å². The van der Waals surface area contributed by atoms with Gasteiger partial charge >= 0.3 is 5.97 Å². The molecule has 2 rings (SSSR count). The van der Waals surface area contributed by atoms with E-state index < -0.39 is 60.4 Å². The minimum atomic E-state index is -1.57. The highest BCUT2D eigenvalue weighted by Gasteiger charge is 2.30. The van der Waals surface area contributed by atoms with Crippen LogP contribution >= 0.6 is 11.8 Å². The SMILES string of the molecule is CSCCC(NC(=O)C(N)CCC(N)=O)C(=O)NC(Cc1c[nH]c2ccccc12)C(=O)NC(CO)C(=O)O. The fourth-order valence-electron chi connectivity index (χ4n) is 3.67. The van der Waals surface area contributed by atoms with Crippen LogP contribution in [0.25, 0.3) is 10.9 Å². The summed E-state index contributed by atoms with van der Waals surface area (Å²) in [6.45, 7) is -0.843. The van der Waals surface area contributed by atoms with Gasteiger partial charge < -0.3 is 42.6 Å². The minimum absolute atomic E-state index is 0.000669. The standard InChI is InChI=1S/C24H34N6O7S/c1-38-9-8-17(28-21(33)15(25)6-7-20(26)32)22(34)29-18(23(35)30-19(12-31)24(36)37)10-13-11-27-16-5-3-2-4-14(13)16/h2-5,11,15,17-19,27,31H,6-10,12,25H2,1H3,(H2,26,32)(H,28,33)(H,29,34)(H,30,35)(H,36,37). The molecule has 0 saturated heterocycles. The molecule has 38 heavy (non-hydrogen) atoms. The van der Waals surface area contributed by atoms with E-state index in [9.17, 15) is 34.2 Å². The molecule has 0 spiro atoms. The number of carboxylic acid groups (broad SMARTS) is 1. The molecule has 0 saturated carbocycles. The Hall–Kier alpha value is -3.62. The van der Waals surface area contributed by atoms with E-state index in [0.29, 0.717) is 11.3 Å². The van der Waals surface area contributed by atoms with Gasteiger partial charge in [0.2, 0.25) is 23.6 Å². The monoisotopic (exact) mass is 550 g/mol. The summed E-state index contributed by atoms with van der Waals surface area (Å²) in [5, 5.41) is 26.8. The number of aromatic amines is 1. The summed E-state index contributed by atoms with van der Waals surface area (Å²) < 4.78 is 0. The number of aliphatic hydroxyl groups is 1. The maximum Gasteiger partial charge on any atom is 0.328 e. The molecule has 208 valence electrons. The largest absolute Gasteiger partial charge is 0.480 e. The highest BCUT2D eigenvalue weighted by atomic mass is 32.2. The van der Waals surface area contributed by atoms with Crippen molar-refractivity contribution in [1.29, 1.82) is 0 Å². The van der Waals surface area contributed by atoms with Crippen LogP contribution in [-0.4, -0.2) is 87.6 Å². The molecule has 0 radical (unpaired) electrons. The molecule has 1 aromatic heterocycles. The number of aliphatic carboxylic acids is 1. The van der Waals surface area contributed by atoms with E-state index in [1.807, 2.05) is 30.5 Å². The zero-order valence-electron chi connectivity index (χ0n) is 20.9. The first kappa shape index (κ1) is 30.6. The molecule has 0 aliphatic rings. The van der Waals surface area contributed by atoms with Crippen LogP contribution in [0.4, 0.5) is 0 Å². The number of carbonyl (C=O) groups is 5. The first-order valence-corrected chi connectivity index (χ1v) is 13.3. The Balaban J connectivity index is 2.25. The fraction of sp³-hybridized carbons (Fsp3) is 0.458. The normalized spacial score (nSPS) is 14.2. The van der Waals surface area contributed by atoms with Gasteiger partial charge in [-0.3, -0.25) is 19.2 Å². The van der Waals surface area contributed by atoms with Crippen molar-refractivity contribution in [2.75, 3.05) is 18.6 Å². The summed E-state index contributed by atoms with van der Waals surface area (Å²) in [6, 6.07) is 2.40. The number of nitrogens with one attached hydrogen (secondary N) is 4. The number of thioether (sulfide) groups is 1. The number of primary amides is 1. The van der Waals surface area contributed by atoms with Gasteiger partial charge in [0.25, 0.3) is 0 Å². The van der Waals surface area contributed by atoms with Crippen LogP contribution in [0.5, 0.6) is 0 Å². The summed E-state index contributed by atoms with van der Waals surface area (Å²) >= 11 is 1.44. The molecule has 13 nitrogen and oxygen atoms in total. The summed E-state index contributed by atoms with van der Waals surface area (Å²) in [7, 11) is 0. The molecule has 4 unspecified atom stereocenters. The molecule has 0 aliphatic carbocycles. The lowest BCUT2D eigenvalue weighted by Gasteiger charge is -2.25. The number of para-hydroxylation sites is 1. The van der Waals surface area contributed by atoms with Crippen molar-refractivity contribution in [2.24, 2.45) is 11.5 Å². The maximum absolute atomic E-state index is 13.3. The van der Waals surface area contributed by atoms with Crippen molar-refractivity contribution in [3.05, 3.63) is 36.0 Å². The molecule has 0 fully saturated rings. The predicted molar refractivity (Wildman–Crippen MR) is 142 cm³/mol. The molecule has 0 aliphatic heterocycles. The molecule has 2 aromatic rings. The van der Waals surface area contributed by atoms with Crippen LogP contribution in [0.15, 0.2) is 30.5 Å². The number of aliphatic hydroxyl groups excluding tert-OH is 1. The van der Waals surface area contributed by atoms with E-state index in [4.69, 9.17) is 11.5 Å². The van der Waals surface area contributed by atoms with E-state index in [0.717, 1.165) is 10.9 Å². The van der Waals surface area contributed by atoms with Gasteiger partial charge in [-0.25, -0.2) is 4.79 Å². The Morgan fingerprint density at radius 3 is 2.24 bits per heavy atom. The van der Waals surface area contributed by atoms with Gasteiger partial charge in [0.05, 0.1) is 12.6 Å². The second-order valence-electron chi connectivity index (χ2n) is 8.66. The lowest BCUT2D eigenvalue weighted by Crippen LogP contribution is -2.58. The predicted octanol–water partition coefficient (Wildman–Crippen LogP) is -1.41. The van der Waals surface area contributed by atoms with Crippen LogP contribution in [-0.2, 0) is 30.4 Å². The van der Waals surface area contributed by atoms with Crippen molar-refractivity contribution in [2.45, 2.75) is 49.9 Å². The van der Waals surface area contributed by atoms with Crippen LogP contribution in [0, 0.1) is 0 Å². The molecule has 14 heteroatoms. The highest BCUT2D eigenvalue weighted by Crippen LogP contribution is 2.19. The lowest BCUT2D eigenvalue weighted by atomic mass is 10.0. The Morgan fingerprint density at radius 2 is 1.61 bits per heavy atom. The summed E-state index contributed by atoms with van der Waals surface area (Å²) in [5.41, 5.74) is 12.4. The molecule has 1 aromatic carbocycles. The summed E-state index contributed by atoms with van der Waals surface area (Å²) in [5.74, 6) is -3.70. The van der Waals surface area contributed by atoms with E-state index in [1.165, 1.54) is 11.8 Å². The Bertz CT molecular complexity index is 1140. The minimum Gasteiger partial charge on any atom is -0.480 e. The molecule has 0 bridgehead atoms. The van der Waals surface area contributed by atoms with Crippen LogP contribution in [0.2, 0.25) is 0 Å². The number of amides is 4. The number of hydrogen-bond acceptors (Lipinski definition) is 8. The van der Waals surface area contributed by atoms with E-state index in [1.54, 1.807) is 6.20 Å². The van der Waals surface area contributed by atoms with Crippen molar-refractivity contribution in [1.82, 2.24) is 20.9 Å². The molecular weight excluding hydrogens is 516 g/mol. The van der Waals surface area contributed by atoms with Gasteiger partial charge in [0, 0.05) is 29.9 Å². The first-order chi connectivity index (χ1) is 18.1. The second-order valence-corrected chi connectivity index (χ2v) is 9.65. The summed E-state index contributed by atoms with van der Waals surface area (Å²) in [4.78, 5) is 64.3. The number of hydrogen-bond donors (Lipinski definition) is 8. The number of carboxylic acids is 1. The van der Waals surface area contributed by atoms with E-state index >= 15 is 0 Å². The number of carbonyl (C=O) groups excluding carboxylic acids is 4. The number of benzene rings is 1. The zero-order valence-corrected chi connectivity index (χ0v) is 21.8. The van der Waals surface area contributed by atoms with Crippen molar-refractivity contribution >= 4 is 52.3 Å². The van der Waals surface area contributed by atoms with E-state index in [2.05, 4.69) is 20.9 Å². The van der Waals surface area contributed by atoms with Gasteiger partial charge in [0.1, 0.15) is 18.1 Å². The quantitative estimate of drug-likeness (QED) is 0.122. The molecule has 1 heterocycles. The maximum atomic E-state index is 13.3. The lowest BCUT2D eigenvalue weighted by molar-refractivity contribution is -0.143. The van der Waals surface area contributed by atoms with Crippen LogP contribution in [0.1, 0.15) is 24.8 Å². The van der Waals surface area contributed by atoms with Gasteiger partial charge in [-0.2, -0.15) is 11.8 Å². The van der Waals surface area contributed by atoms with Crippen molar-refractivity contribution < 1.29 is 34.2 Å². The first-order valence-electron chi connectivity index (χ1n) is 11.9. The average molecular weight is 551 g/mol. The topological polar surface area (TPSA) is 230 Å². The van der Waals surface area contributed by atoms with E-state index in [-0.39, 0.29) is 25.7 Å². The average Bonchev–Trinajstić information content (AvgIpc) is 3.29. The Kier molecular flexibility index (Phi) is 12.0. The highest BCUT2D eigenvalue weighted by molar-refractivity contribution is 7.98. The number of nitrogens with two attached hydrogens (primary N) is 2. The van der Waals surface area contributed by atoms with Crippen molar-refractivity contribution in [3.63, 3.8) is 0 Å². The fourth-order valence-corrected chi connectivity index (χ4v) is 4.14. The Morgan fingerprint density at radius 1 is 0.974 bits per heavy atom. The van der Waals surface area contributed by atoms with Gasteiger partial charge in [-0.05, 0) is 36.5 Å². The molecule has 10 N–H and O–H groups in total. The van der Waals surface area contributed by atoms with Gasteiger partial charge in [0.15, 0.2) is 0 Å². The van der Waals surface area contributed by atoms with Gasteiger partial charge in [-0.1, -0.05) is 18.2 Å². The third-order valence-corrected chi connectivity index (χ3v) is 6.46. The number of aromatic nitrogens is 1. The zero-order chi connectivity index (χ0) is 28.2. The summed E-state index contributed by atoms with van der Waals surface area (Å²) in [6.07, 6.45) is 3.63. The molecular formula is C24H34N6O7S. The molecule has 4 amide bonds. The second kappa shape index (κ2) is 15.0. The third-order valence-electron chi connectivity index (χ3n) is 5.81. The number of rotatable bonds is 16. The van der Waals surface area contributed by atoms with Gasteiger partial charge in [-0.15, -0.1) is 0 Å².